The van der Waals surface area contributed by atoms with Crippen molar-refractivity contribution in [3.05, 3.63) is 35.4 Å². The molecule has 0 aliphatic carbocycles. The van der Waals surface area contributed by atoms with Crippen LogP contribution in [0.4, 0.5) is 8.78 Å². The lowest BCUT2D eigenvalue weighted by atomic mass is 10.2. The Balaban J connectivity index is 2.57. The fourth-order valence-corrected chi connectivity index (χ4v) is 2.43. The molecule has 0 bridgehead atoms. The maximum atomic E-state index is 13.3. The van der Waals surface area contributed by atoms with Crippen molar-refractivity contribution in [2.45, 2.75) is 18.7 Å². The van der Waals surface area contributed by atoms with Gasteiger partial charge >= 0.3 is 5.97 Å². The molecule has 2 N–H and O–H groups in total. The number of benzene rings is 1. The number of hydrogen-bond donors (Lipinski definition) is 2. The third kappa shape index (κ3) is 4.86. The first kappa shape index (κ1) is 15.4. The summed E-state index contributed by atoms with van der Waals surface area (Å²) in [5.74, 6) is -2.95. The van der Waals surface area contributed by atoms with Gasteiger partial charge in [0.05, 0.1) is 0 Å². The number of rotatable bonds is 6. The Bertz CT molecular complexity index is 462. The second kappa shape index (κ2) is 7.08. The van der Waals surface area contributed by atoms with E-state index in [1.54, 1.807) is 0 Å². The van der Waals surface area contributed by atoms with Crippen LogP contribution in [0.1, 0.15) is 12.5 Å². The maximum Gasteiger partial charge on any atom is 0.327 e. The molecule has 104 valence electrons. The van der Waals surface area contributed by atoms with Crippen LogP contribution in [0.2, 0.25) is 0 Å². The third-order valence-electron chi connectivity index (χ3n) is 2.27. The van der Waals surface area contributed by atoms with Gasteiger partial charge in [0, 0.05) is 24.0 Å². The minimum absolute atomic E-state index is 0.00186. The predicted octanol–water partition coefficient (Wildman–Crippen LogP) is 1.79. The zero-order valence-electron chi connectivity index (χ0n) is 10.2. The summed E-state index contributed by atoms with van der Waals surface area (Å²) in [6.07, 6.45) is 0. The fraction of sp³-hybridized carbons (Fsp3) is 0.333. The lowest BCUT2D eigenvalue weighted by Crippen LogP contribution is -2.41. The Morgan fingerprint density at radius 3 is 2.42 bits per heavy atom. The Kier molecular flexibility index (Phi) is 5.75. The predicted molar refractivity (Wildman–Crippen MR) is 67.8 cm³/mol. The van der Waals surface area contributed by atoms with Crippen molar-refractivity contribution in [3.63, 3.8) is 0 Å². The van der Waals surface area contributed by atoms with E-state index in [-0.39, 0.29) is 17.1 Å². The molecule has 1 atom stereocenters. The number of nitrogens with one attached hydrogen (secondary N) is 1. The van der Waals surface area contributed by atoms with E-state index < -0.39 is 29.6 Å². The molecule has 0 saturated heterocycles. The normalized spacial score (nSPS) is 11.9. The van der Waals surface area contributed by atoms with Crippen LogP contribution in [0, 0.1) is 11.6 Å². The molecule has 0 aliphatic heterocycles. The van der Waals surface area contributed by atoms with Gasteiger partial charge in [0.1, 0.15) is 17.7 Å². The summed E-state index contributed by atoms with van der Waals surface area (Å²) in [6, 6.07) is 2.47. The van der Waals surface area contributed by atoms with Gasteiger partial charge in [-0.1, -0.05) is 6.07 Å². The van der Waals surface area contributed by atoms with Gasteiger partial charge in [-0.3, -0.25) is 4.79 Å². The van der Waals surface area contributed by atoms with Crippen LogP contribution in [0.15, 0.2) is 18.2 Å². The van der Waals surface area contributed by atoms with Crippen molar-refractivity contribution in [1.82, 2.24) is 5.32 Å². The van der Waals surface area contributed by atoms with Gasteiger partial charge in [-0.25, -0.2) is 13.6 Å². The van der Waals surface area contributed by atoms with Gasteiger partial charge in [0.2, 0.25) is 5.91 Å². The van der Waals surface area contributed by atoms with Gasteiger partial charge in [0.25, 0.3) is 0 Å². The first-order valence-corrected chi connectivity index (χ1v) is 6.58. The monoisotopic (exact) mass is 289 g/mol. The van der Waals surface area contributed by atoms with E-state index in [1.165, 1.54) is 13.0 Å². The summed E-state index contributed by atoms with van der Waals surface area (Å²) in [7, 11) is 0. The van der Waals surface area contributed by atoms with E-state index in [0.717, 1.165) is 23.9 Å². The number of carboxylic acids is 1. The van der Waals surface area contributed by atoms with E-state index in [1.807, 2.05) is 0 Å². The average molecular weight is 289 g/mol. The first-order chi connectivity index (χ1) is 8.91. The van der Waals surface area contributed by atoms with Crippen molar-refractivity contribution in [3.8, 4) is 0 Å². The standard InChI is InChI=1S/C12H13F2NO3S/c1-7(16)15-11(12(17)18)6-19-5-8-9(13)3-2-4-10(8)14/h2-4,11H,5-6H2,1H3,(H,15,16)(H,17,18)/t11-/m0/s1. The van der Waals surface area contributed by atoms with E-state index in [0.29, 0.717) is 0 Å². The molecule has 0 heterocycles. The summed E-state index contributed by atoms with van der Waals surface area (Å²) < 4.78 is 26.6. The summed E-state index contributed by atoms with van der Waals surface area (Å²) >= 11 is 1.04. The SMILES string of the molecule is CC(=O)N[C@@H](CSCc1c(F)cccc1F)C(=O)O. The van der Waals surface area contributed by atoms with Crippen molar-refractivity contribution in [2.24, 2.45) is 0 Å². The number of amides is 1. The van der Waals surface area contributed by atoms with E-state index in [9.17, 15) is 18.4 Å². The summed E-state index contributed by atoms with van der Waals surface area (Å²) in [5, 5.41) is 11.1. The highest BCUT2D eigenvalue weighted by atomic mass is 32.2. The Morgan fingerprint density at radius 1 is 1.37 bits per heavy atom. The number of carboxylic acid groups (broad SMARTS) is 1. The van der Waals surface area contributed by atoms with Crippen LogP contribution >= 0.6 is 11.8 Å². The van der Waals surface area contributed by atoms with Crippen molar-refractivity contribution < 1.29 is 23.5 Å². The van der Waals surface area contributed by atoms with E-state index in [4.69, 9.17) is 5.11 Å². The van der Waals surface area contributed by atoms with Crippen LogP contribution in [0.25, 0.3) is 0 Å². The molecule has 4 nitrogen and oxygen atoms in total. The molecular weight excluding hydrogens is 276 g/mol. The molecule has 0 radical (unpaired) electrons. The lowest BCUT2D eigenvalue weighted by molar-refractivity contribution is -0.140. The second-order valence-electron chi connectivity index (χ2n) is 3.81. The Labute approximate surface area is 113 Å². The molecule has 1 aromatic rings. The molecule has 0 unspecified atom stereocenters. The van der Waals surface area contributed by atoms with Gasteiger partial charge in [-0.2, -0.15) is 11.8 Å². The van der Waals surface area contributed by atoms with Crippen LogP contribution in [-0.4, -0.2) is 28.8 Å². The number of carbonyl (C=O) groups excluding carboxylic acids is 1. The van der Waals surface area contributed by atoms with Crippen molar-refractivity contribution in [1.29, 1.82) is 0 Å². The molecule has 1 amide bonds. The molecule has 0 spiro atoms. The largest absolute Gasteiger partial charge is 0.480 e. The number of thioether (sulfide) groups is 1. The minimum Gasteiger partial charge on any atom is -0.480 e. The highest BCUT2D eigenvalue weighted by Crippen LogP contribution is 2.19. The topological polar surface area (TPSA) is 66.4 Å². The van der Waals surface area contributed by atoms with E-state index in [2.05, 4.69) is 5.32 Å². The molecule has 0 fully saturated rings. The third-order valence-corrected chi connectivity index (χ3v) is 3.33. The van der Waals surface area contributed by atoms with Crippen LogP contribution in [0.3, 0.4) is 0 Å². The molecule has 0 saturated carbocycles. The van der Waals surface area contributed by atoms with Crippen LogP contribution in [-0.2, 0) is 15.3 Å². The molecular formula is C12H13F2NO3S. The van der Waals surface area contributed by atoms with Crippen molar-refractivity contribution in [2.75, 3.05) is 5.75 Å². The zero-order chi connectivity index (χ0) is 14.4. The van der Waals surface area contributed by atoms with Crippen LogP contribution in [0.5, 0.6) is 0 Å². The summed E-state index contributed by atoms with van der Waals surface area (Å²) in [6.45, 7) is 1.21. The second-order valence-corrected chi connectivity index (χ2v) is 4.84. The molecule has 1 aromatic carbocycles. The zero-order valence-corrected chi connectivity index (χ0v) is 11.0. The van der Waals surface area contributed by atoms with Crippen LogP contribution < -0.4 is 5.32 Å². The minimum atomic E-state index is -1.18. The highest BCUT2D eigenvalue weighted by Gasteiger charge is 2.18. The molecule has 0 aromatic heterocycles. The van der Waals surface area contributed by atoms with E-state index >= 15 is 0 Å². The maximum absolute atomic E-state index is 13.3. The Hall–Kier alpha value is -1.63. The Morgan fingerprint density at radius 2 is 1.95 bits per heavy atom. The smallest absolute Gasteiger partial charge is 0.327 e. The highest BCUT2D eigenvalue weighted by molar-refractivity contribution is 7.98. The molecule has 1 rings (SSSR count). The first-order valence-electron chi connectivity index (χ1n) is 5.42. The molecule has 0 aliphatic rings. The van der Waals surface area contributed by atoms with Gasteiger partial charge in [0.15, 0.2) is 0 Å². The van der Waals surface area contributed by atoms with Gasteiger partial charge in [-0.05, 0) is 12.1 Å². The average Bonchev–Trinajstić information content (AvgIpc) is 2.30. The number of halogens is 2. The quantitative estimate of drug-likeness (QED) is 0.838. The number of hydrogen-bond acceptors (Lipinski definition) is 3. The van der Waals surface area contributed by atoms with Crippen molar-refractivity contribution >= 4 is 23.6 Å². The molecule has 7 heteroatoms. The number of carbonyl (C=O) groups is 2. The number of aliphatic carboxylic acids is 1. The molecule has 19 heavy (non-hydrogen) atoms. The van der Waals surface area contributed by atoms with Gasteiger partial charge in [-0.15, -0.1) is 0 Å². The lowest BCUT2D eigenvalue weighted by Gasteiger charge is -2.13. The summed E-state index contributed by atoms with van der Waals surface area (Å²) in [5.41, 5.74) is -0.0977. The summed E-state index contributed by atoms with van der Waals surface area (Å²) in [4.78, 5) is 21.6. The fourth-order valence-electron chi connectivity index (χ4n) is 1.37. The van der Waals surface area contributed by atoms with Gasteiger partial charge < -0.3 is 10.4 Å².